The zero-order chi connectivity index (χ0) is 24.9. The first kappa shape index (κ1) is 24.1. The van der Waals surface area contributed by atoms with Crippen molar-refractivity contribution in [3.05, 3.63) is 63.3 Å². The Kier molecular flexibility index (Phi) is 7.23. The Hall–Kier alpha value is -4.02. The van der Waals surface area contributed by atoms with Crippen molar-refractivity contribution < 1.29 is 4.79 Å². The number of aromatic nitrogens is 7. The molecule has 0 radical (unpaired) electrons. The maximum Gasteiger partial charge on any atom is 0.330 e. The molecular weight excluding hydrogens is 448 g/mol. The van der Waals surface area contributed by atoms with Gasteiger partial charge in [0.25, 0.3) is 5.56 Å². The third kappa shape index (κ3) is 5.23. The Morgan fingerprint density at radius 1 is 1.17 bits per heavy atom. The normalized spacial score (nSPS) is 11.4. The highest BCUT2D eigenvalue weighted by Gasteiger charge is 2.20. The van der Waals surface area contributed by atoms with Crippen LogP contribution in [0.1, 0.15) is 45.9 Å². The fourth-order valence-corrected chi connectivity index (χ4v) is 4.05. The summed E-state index contributed by atoms with van der Waals surface area (Å²) in [5, 5.41) is 10.8. The van der Waals surface area contributed by atoms with Gasteiger partial charge in [-0.25, -0.2) is 14.5 Å². The van der Waals surface area contributed by atoms with E-state index in [1.54, 1.807) is 23.1 Å². The molecular formula is C24H30N8O3. The molecule has 0 aliphatic carbocycles. The van der Waals surface area contributed by atoms with Crippen molar-refractivity contribution in [1.29, 1.82) is 0 Å². The molecule has 0 spiro atoms. The number of unbranched alkanes of at least 4 members (excludes halogenated alkanes) is 1. The summed E-state index contributed by atoms with van der Waals surface area (Å²) in [6.07, 6.45) is 5.45. The van der Waals surface area contributed by atoms with E-state index in [-0.39, 0.29) is 18.2 Å². The number of rotatable bonds is 10. The molecule has 0 aliphatic heterocycles. The molecule has 0 bridgehead atoms. The SMILES string of the molecule is CCCCn1c(=O)[nH]c(=O)c2c1nc(CCC(=O)Nc1ccccc1-n1ccnn1)n2CC(C)C. The van der Waals surface area contributed by atoms with Crippen molar-refractivity contribution in [2.75, 3.05) is 5.32 Å². The number of imidazole rings is 1. The molecule has 4 rings (SSSR count). The van der Waals surface area contributed by atoms with E-state index in [0.29, 0.717) is 47.9 Å². The largest absolute Gasteiger partial charge is 0.330 e. The van der Waals surface area contributed by atoms with Crippen LogP contribution < -0.4 is 16.6 Å². The number of carbonyl (C=O) groups is 1. The van der Waals surface area contributed by atoms with Gasteiger partial charge in [-0.3, -0.25) is 19.1 Å². The molecule has 0 atom stereocenters. The maximum absolute atomic E-state index is 12.9. The number of H-pyrrole nitrogens is 1. The van der Waals surface area contributed by atoms with Crippen LogP contribution in [0, 0.1) is 5.92 Å². The number of nitrogens with zero attached hydrogens (tertiary/aromatic N) is 6. The van der Waals surface area contributed by atoms with Gasteiger partial charge in [0.1, 0.15) is 5.82 Å². The zero-order valence-corrected chi connectivity index (χ0v) is 20.2. The van der Waals surface area contributed by atoms with Crippen molar-refractivity contribution in [3.63, 3.8) is 0 Å². The smallest absolute Gasteiger partial charge is 0.324 e. The van der Waals surface area contributed by atoms with Gasteiger partial charge in [0.05, 0.1) is 23.8 Å². The van der Waals surface area contributed by atoms with E-state index in [0.717, 1.165) is 12.8 Å². The van der Waals surface area contributed by atoms with Crippen molar-refractivity contribution in [2.45, 2.75) is 59.5 Å². The number of aromatic amines is 1. The molecule has 11 nitrogen and oxygen atoms in total. The number of hydrogen-bond acceptors (Lipinski definition) is 6. The molecule has 0 unspecified atom stereocenters. The summed E-state index contributed by atoms with van der Waals surface area (Å²) in [6, 6.07) is 7.33. The number of nitrogens with one attached hydrogen (secondary N) is 2. The summed E-state index contributed by atoms with van der Waals surface area (Å²) >= 11 is 0. The molecule has 1 amide bonds. The molecule has 1 aromatic carbocycles. The monoisotopic (exact) mass is 478 g/mol. The highest BCUT2D eigenvalue weighted by atomic mass is 16.2. The van der Waals surface area contributed by atoms with Crippen LogP contribution in [-0.4, -0.2) is 40.0 Å². The zero-order valence-electron chi connectivity index (χ0n) is 20.2. The number of benzene rings is 1. The number of fused-ring (bicyclic) bond motifs is 1. The summed E-state index contributed by atoms with van der Waals surface area (Å²) in [7, 11) is 0. The van der Waals surface area contributed by atoms with Gasteiger partial charge in [-0.1, -0.05) is 44.5 Å². The van der Waals surface area contributed by atoms with E-state index in [1.807, 2.05) is 43.5 Å². The van der Waals surface area contributed by atoms with Crippen molar-refractivity contribution in [1.82, 2.24) is 34.1 Å². The molecule has 0 saturated heterocycles. The van der Waals surface area contributed by atoms with Gasteiger partial charge < -0.3 is 9.88 Å². The van der Waals surface area contributed by atoms with E-state index in [2.05, 4.69) is 25.6 Å². The second kappa shape index (κ2) is 10.5. The van der Waals surface area contributed by atoms with Crippen LogP contribution in [-0.2, 0) is 24.3 Å². The van der Waals surface area contributed by atoms with Crippen LogP contribution in [0.15, 0.2) is 46.2 Å². The maximum atomic E-state index is 12.9. The number of carbonyl (C=O) groups excluding carboxylic acids is 1. The van der Waals surface area contributed by atoms with Crippen LogP contribution in [0.2, 0.25) is 0 Å². The second-order valence-corrected chi connectivity index (χ2v) is 8.88. The molecule has 4 aromatic rings. The first-order valence-corrected chi connectivity index (χ1v) is 11.9. The quantitative estimate of drug-likeness (QED) is 0.360. The van der Waals surface area contributed by atoms with Crippen LogP contribution >= 0.6 is 0 Å². The third-order valence-corrected chi connectivity index (χ3v) is 5.67. The van der Waals surface area contributed by atoms with Gasteiger partial charge in [0.2, 0.25) is 5.91 Å². The first-order chi connectivity index (χ1) is 16.9. The van der Waals surface area contributed by atoms with E-state index in [4.69, 9.17) is 0 Å². The molecule has 2 N–H and O–H groups in total. The molecule has 0 saturated carbocycles. The van der Waals surface area contributed by atoms with Gasteiger partial charge in [-0.05, 0) is 24.5 Å². The van der Waals surface area contributed by atoms with Crippen molar-refractivity contribution in [3.8, 4) is 5.69 Å². The van der Waals surface area contributed by atoms with Crippen molar-refractivity contribution >= 4 is 22.8 Å². The summed E-state index contributed by atoms with van der Waals surface area (Å²) in [6.45, 7) is 7.16. The lowest BCUT2D eigenvalue weighted by Crippen LogP contribution is -2.31. The van der Waals surface area contributed by atoms with Crippen LogP contribution in [0.4, 0.5) is 5.69 Å². The Labute approximate surface area is 201 Å². The highest BCUT2D eigenvalue weighted by molar-refractivity contribution is 5.92. The molecule has 3 heterocycles. The standard InChI is InChI=1S/C24H30N8O3/c1-4-5-13-30-22-21(23(34)28-24(30)35)31(15-16(2)3)19(27-22)10-11-20(33)26-17-8-6-7-9-18(17)32-14-12-25-29-32/h6-9,12,14,16H,4-5,10-11,13,15H2,1-3H3,(H,26,33)(H,28,34,35). The Morgan fingerprint density at radius 3 is 2.69 bits per heavy atom. The molecule has 35 heavy (non-hydrogen) atoms. The predicted molar refractivity (Wildman–Crippen MR) is 133 cm³/mol. The average Bonchev–Trinajstić information content (AvgIpc) is 3.46. The predicted octanol–water partition coefficient (Wildman–Crippen LogP) is 2.49. The minimum atomic E-state index is -0.459. The molecule has 3 aromatic heterocycles. The summed E-state index contributed by atoms with van der Waals surface area (Å²) in [5.74, 6) is 0.651. The second-order valence-electron chi connectivity index (χ2n) is 8.88. The van der Waals surface area contributed by atoms with Gasteiger partial charge in [0, 0.05) is 25.9 Å². The Morgan fingerprint density at radius 2 is 1.97 bits per heavy atom. The summed E-state index contributed by atoms with van der Waals surface area (Å²) in [5.41, 5.74) is 1.16. The van der Waals surface area contributed by atoms with E-state index in [9.17, 15) is 14.4 Å². The van der Waals surface area contributed by atoms with Gasteiger partial charge in [-0.15, -0.1) is 5.10 Å². The lowest BCUT2D eigenvalue weighted by atomic mass is 10.2. The van der Waals surface area contributed by atoms with Gasteiger partial charge in [-0.2, -0.15) is 0 Å². The molecule has 184 valence electrons. The minimum Gasteiger partial charge on any atom is -0.324 e. The number of para-hydroxylation sites is 2. The molecule has 11 heteroatoms. The summed E-state index contributed by atoms with van der Waals surface area (Å²) in [4.78, 5) is 45.2. The summed E-state index contributed by atoms with van der Waals surface area (Å²) < 4.78 is 4.95. The van der Waals surface area contributed by atoms with E-state index < -0.39 is 11.2 Å². The van der Waals surface area contributed by atoms with Gasteiger partial charge >= 0.3 is 5.69 Å². The van der Waals surface area contributed by atoms with Crippen LogP contribution in [0.5, 0.6) is 0 Å². The van der Waals surface area contributed by atoms with Gasteiger partial charge in [0.15, 0.2) is 11.2 Å². The number of amides is 1. The van der Waals surface area contributed by atoms with E-state index >= 15 is 0 Å². The third-order valence-electron chi connectivity index (χ3n) is 5.67. The van der Waals surface area contributed by atoms with E-state index in [1.165, 1.54) is 4.57 Å². The lowest BCUT2D eigenvalue weighted by Gasteiger charge is -2.12. The average molecular weight is 479 g/mol. The minimum absolute atomic E-state index is 0.157. The molecule has 0 aliphatic rings. The number of hydrogen-bond donors (Lipinski definition) is 2. The van der Waals surface area contributed by atoms with Crippen LogP contribution in [0.3, 0.4) is 0 Å². The number of aryl methyl sites for hydroxylation is 2. The fourth-order valence-electron chi connectivity index (χ4n) is 4.05. The Balaban J connectivity index is 1.62. The van der Waals surface area contributed by atoms with Crippen LogP contribution in [0.25, 0.3) is 16.9 Å². The van der Waals surface area contributed by atoms with Crippen molar-refractivity contribution in [2.24, 2.45) is 5.92 Å². The highest BCUT2D eigenvalue weighted by Crippen LogP contribution is 2.20. The topological polar surface area (TPSA) is 132 Å². The Bertz CT molecular complexity index is 1430. The molecule has 0 fully saturated rings. The first-order valence-electron chi connectivity index (χ1n) is 11.9. The fraction of sp³-hybridized carbons (Fsp3) is 0.417. The lowest BCUT2D eigenvalue weighted by molar-refractivity contribution is -0.116. The number of anilines is 1.